The highest BCUT2D eigenvalue weighted by Crippen LogP contribution is 2.28. The molecule has 2 unspecified atom stereocenters. The van der Waals surface area contributed by atoms with Crippen molar-refractivity contribution in [2.75, 3.05) is 6.61 Å². The fraction of sp³-hybridized carbons (Fsp3) is 0.538. The Morgan fingerprint density at radius 1 is 1.31 bits per heavy atom. The largest absolute Gasteiger partial charge is 0.386 e. The van der Waals surface area contributed by atoms with E-state index in [2.05, 4.69) is 6.92 Å². The van der Waals surface area contributed by atoms with Crippen LogP contribution in [0.5, 0.6) is 0 Å². The number of benzene rings is 1. The van der Waals surface area contributed by atoms with Crippen LogP contribution in [-0.4, -0.2) is 17.8 Å². The van der Waals surface area contributed by atoms with Gasteiger partial charge in [0.1, 0.15) is 6.10 Å². The molecule has 0 aliphatic heterocycles. The lowest BCUT2D eigenvalue weighted by molar-refractivity contribution is -0.0384. The zero-order chi connectivity index (χ0) is 12.0. The highest BCUT2D eigenvalue weighted by molar-refractivity contribution is 6.31. The number of hydrogen-bond acceptors (Lipinski definition) is 2. The Kier molecular flexibility index (Phi) is 5.81. The van der Waals surface area contributed by atoms with Gasteiger partial charge in [-0.3, -0.25) is 0 Å². The van der Waals surface area contributed by atoms with Gasteiger partial charge in [-0.05, 0) is 19.4 Å². The molecule has 0 saturated heterocycles. The highest BCUT2D eigenvalue weighted by atomic mass is 35.5. The van der Waals surface area contributed by atoms with E-state index in [1.165, 1.54) is 0 Å². The normalized spacial score (nSPS) is 14.8. The van der Waals surface area contributed by atoms with Crippen LogP contribution < -0.4 is 0 Å². The van der Waals surface area contributed by atoms with Gasteiger partial charge in [0.15, 0.2) is 0 Å². The summed E-state index contributed by atoms with van der Waals surface area (Å²) in [6.45, 7) is 4.61. The average molecular weight is 243 g/mol. The van der Waals surface area contributed by atoms with Gasteiger partial charge in [0.05, 0.1) is 6.10 Å². The summed E-state index contributed by atoms with van der Waals surface area (Å²) in [4.78, 5) is 0. The van der Waals surface area contributed by atoms with Gasteiger partial charge in [0.2, 0.25) is 0 Å². The van der Waals surface area contributed by atoms with Crippen molar-refractivity contribution in [3.8, 4) is 0 Å². The van der Waals surface area contributed by atoms with E-state index < -0.39 is 6.10 Å². The van der Waals surface area contributed by atoms with Gasteiger partial charge in [-0.2, -0.15) is 0 Å². The van der Waals surface area contributed by atoms with Gasteiger partial charge < -0.3 is 9.84 Å². The van der Waals surface area contributed by atoms with Crippen molar-refractivity contribution >= 4 is 11.6 Å². The summed E-state index contributed by atoms with van der Waals surface area (Å²) in [6, 6.07) is 7.36. The monoisotopic (exact) mass is 242 g/mol. The molecule has 0 radical (unpaired) electrons. The van der Waals surface area contributed by atoms with Gasteiger partial charge in [0.25, 0.3) is 0 Å². The van der Waals surface area contributed by atoms with Crippen LogP contribution >= 0.6 is 11.6 Å². The molecule has 16 heavy (non-hydrogen) atoms. The van der Waals surface area contributed by atoms with Gasteiger partial charge in [-0.1, -0.05) is 43.1 Å². The molecular formula is C13H19ClO2. The first-order valence-electron chi connectivity index (χ1n) is 5.74. The molecule has 0 amide bonds. The Morgan fingerprint density at radius 3 is 2.56 bits per heavy atom. The van der Waals surface area contributed by atoms with Crippen LogP contribution in [0.4, 0.5) is 0 Å². The molecule has 90 valence electrons. The number of ether oxygens (including phenoxy) is 1. The van der Waals surface area contributed by atoms with Crippen LogP contribution in [0, 0.1) is 0 Å². The summed E-state index contributed by atoms with van der Waals surface area (Å²) >= 11 is 6.05. The average Bonchev–Trinajstić information content (AvgIpc) is 2.28. The first-order chi connectivity index (χ1) is 7.70. The molecule has 1 aromatic rings. The van der Waals surface area contributed by atoms with E-state index in [0.717, 1.165) is 18.4 Å². The minimum Gasteiger partial charge on any atom is -0.386 e. The minimum atomic E-state index is -0.645. The van der Waals surface area contributed by atoms with E-state index in [9.17, 15) is 5.11 Å². The number of halogens is 1. The second-order valence-electron chi connectivity index (χ2n) is 3.75. The Bertz CT molecular complexity index is 309. The molecule has 0 bridgehead atoms. The number of rotatable bonds is 6. The Morgan fingerprint density at radius 2 is 2.00 bits per heavy atom. The third-order valence-corrected chi connectivity index (χ3v) is 2.87. The van der Waals surface area contributed by atoms with Crippen LogP contribution in [0.3, 0.4) is 0 Å². The van der Waals surface area contributed by atoms with Crippen molar-refractivity contribution in [1.82, 2.24) is 0 Å². The summed E-state index contributed by atoms with van der Waals surface area (Å²) in [6.07, 6.45) is 0.996. The van der Waals surface area contributed by atoms with Crippen molar-refractivity contribution in [1.29, 1.82) is 0 Å². The molecule has 0 heterocycles. The van der Waals surface area contributed by atoms with Crippen molar-refractivity contribution in [2.24, 2.45) is 0 Å². The van der Waals surface area contributed by atoms with Crippen LogP contribution in [-0.2, 0) is 4.74 Å². The van der Waals surface area contributed by atoms with E-state index in [0.29, 0.717) is 11.6 Å². The van der Waals surface area contributed by atoms with E-state index in [4.69, 9.17) is 16.3 Å². The van der Waals surface area contributed by atoms with Crippen LogP contribution in [0.15, 0.2) is 24.3 Å². The first kappa shape index (κ1) is 13.5. The molecule has 0 saturated carbocycles. The van der Waals surface area contributed by atoms with Crippen LogP contribution in [0.25, 0.3) is 0 Å². The fourth-order valence-electron chi connectivity index (χ4n) is 1.75. The third kappa shape index (κ3) is 3.48. The van der Waals surface area contributed by atoms with Crippen LogP contribution in [0.1, 0.15) is 38.4 Å². The third-order valence-electron chi connectivity index (χ3n) is 2.53. The zero-order valence-electron chi connectivity index (χ0n) is 9.82. The van der Waals surface area contributed by atoms with Gasteiger partial charge >= 0.3 is 0 Å². The standard InChI is InChI=1S/C13H19ClO2/c1-3-7-12(16-4-2)13(15)10-8-5-6-9-11(10)14/h5-6,8-9,12-13,15H,3-4,7H2,1-2H3. The summed E-state index contributed by atoms with van der Waals surface area (Å²) in [5.41, 5.74) is 0.746. The molecule has 1 N–H and O–H groups in total. The molecule has 0 fully saturated rings. The van der Waals surface area contributed by atoms with Gasteiger partial charge in [-0.25, -0.2) is 0 Å². The first-order valence-corrected chi connectivity index (χ1v) is 6.12. The molecule has 2 atom stereocenters. The second-order valence-corrected chi connectivity index (χ2v) is 4.16. The van der Waals surface area contributed by atoms with Gasteiger partial charge in [0, 0.05) is 17.2 Å². The molecule has 3 heteroatoms. The Hall–Kier alpha value is -0.570. The second kappa shape index (κ2) is 6.89. The smallest absolute Gasteiger partial charge is 0.107 e. The van der Waals surface area contributed by atoms with E-state index >= 15 is 0 Å². The lowest BCUT2D eigenvalue weighted by Gasteiger charge is -2.23. The molecular weight excluding hydrogens is 224 g/mol. The molecule has 0 aromatic heterocycles. The van der Waals surface area contributed by atoms with E-state index in [-0.39, 0.29) is 6.10 Å². The zero-order valence-corrected chi connectivity index (χ0v) is 10.6. The number of aliphatic hydroxyl groups is 1. The van der Waals surface area contributed by atoms with E-state index in [1.807, 2.05) is 25.1 Å². The van der Waals surface area contributed by atoms with Crippen molar-refractivity contribution in [2.45, 2.75) is 38.9 Å². The molecule has 1 rings (SSSR count). The highest BCUT2D eigenvalue weighted by Gasteiger charge is 2.22. The molecule has 1 aromatic carbocycles. The summed E-state index contributed by atoms with van der Waals surface area (Å²) in [5, 5.41) is 10.8. The lowest BCUT2D eigenvalue weighted by Crippen LogP contribution is -2.22. The SMILES string of the molecule is CCCC(OCC)C(O)c1ccccc1Cl. The minimum absolute atomic E-state index is 0.171. The molecule has 2 nitrogen and oxygen atoms in total. The molecule has 0 spiro atoms. The quantitative estimate of drug-likeness (QED) is 0.826. The topological polar surface area (TPSA) is 29.5 Å². The van der Waals surface area contributed by atoms with E-state index in [1.54, 1.807) is 6.07 Å². The molecule has 0 aliphatic carbocycles. The number of aliphatic hydroxyl groups excluding tert-OH is 1. The van der Waals surface area contributed by atoms with Gasteiger partial charge in [-0.15, -0.1) is 0 Å². The summed E-state index contributed by atoms with van der Waals surface area (Å²) < 4.78 is 5.54. The van der Waals surface area contributed by atoms with Crippen molar-refractivity contribution in [3.05, 3.63) is 34.9 Å². The maximum atomic E-state index is 10.2. The van der Waals surface area contributed by atoms with Crippen molar-refractivity contribution in [3.63, 3.8) is 0 Å². The summed E-state index contributed by atoms with van der Waals surface area (Å²) in [5.74, 6) is 0. The molecule has 0 aliphatic rings. The summed E-state index contributed by atoms with van der Waals surface area (Å²) in [7, 11) is 0. The Labute approximate surface area is 102 Å². The maximum Gasteiger partial charge on any atom is 0.107 e. The Balaban J connectivity index is 2.81. The number of hydrogen-bond donors (Lipinski definition) is 1. The maximum absolute atomic E-state index is 10.2. The van der Waals surface area contributed by atoms with Crippen molar-refractivity contribution < 1.29 is 9.84 Å². The fourth-order valence-corrected chi connectivity index (χ4v) is 1.99. The lowest BCUT2D eigenvalue weighted by atomic mass is 10.0. The predicted molar refractivity (Wildman–Crippen MR) is 66.7 cm³/mol. The predicted octanol–water partition coefficient (Wildman–Crippen LogP) is 3.58. The van der Waals surface area contributed by atoms with Crippen LogP contribution in [0.2, 0.25) is 5.02 Å².